The Morgan fingerprint density at radius 3 is 2.61 bits per heavy atom. The van der Waals surface area contributed by atoms with Crippen LogP contribution in [0, 0.1) is 0 Å². The topological polar surface area (TPSA) is 113 Å². The zero-order chi connectivity index (χ0) is 22.2. The van der Waals surface area contributed by atoms with Gasteiger partial charge in [0.2, 0.25) is 0 Å². The Hall–Kier alpha value is -3.54. The van der Waals surface area contributed by atoms with Crippen molar-refractivity contribution in [2.75, 3.05) is 18.0 Å². The molecule has 31 heavy (non-hydrogen) atoms. The summed E-state index contributed by atoms with van der Waals surface area (Å²) < 4.78 is 42.6. The number of benzene rings is 1. The summed E-state index contributed by atoms with van der Waals surface area (Å²) in [6.07, 6.45) is -4.33. The number of nitrogens with one attached hydrogen (secondary N) is 1. The van der Waals surface area contributed by atoms with Gasteiger partial charge in [0.25, 0.3) is 0 Å². The molecule has 3 N–H and O–H groups in total. The number of hydrogen-bond acceptors (Lipinski definition) is 6. The molecule has 3 heterocycles. The molecular formula is C19H18F3N5O4. The molecule has 12 heteroatoms. The molecule has 9 nitrogen and oxygen atoms in total. The van der Waals surface area contributed by atoms with Crippen molar-refractivity contribution in [2.45, 2.75) is 25.4 Å². The van der Waals surface area contributed by atoms with Gasteiger partial charge in [-0.05, 0) is 36.8 Å². The second kappa shape index (κ2) is 7.95. The summed E-state index contributed by atoms with van der Waals surface area (Å²) in [5.74, 6) is -0.375. The minimum absolute atomic E-state index is 0.0941. The lowest BCUT2D eigenvalue weighted by Gasteiger charge is -2.19. The van der Waals surface area contributed by atoms with Crippen LogP contribution in [0.2, 0.25) is 0 Å². The number of carbonyl (C=O) groups is 1. The van der Waals surface area contributed by atoms with Crippen molar-refractivity contribution in [3.05, 3.63) is 42.2 Å². The average Bonchev–Trinajstić information content (AvgIpc) is 3.29. The van der Waals surface area contributed by atoms with Crippen LogP contribution in [-0.4, -0.2) is 56.6 Å². The summed E-state index contributed by atoms with van der Waals surface area (Å²) in [5.41, 5.74) is 1.97. The van der Waals surface area contributed by atoms with E-state index in [0.29, 0.717) is 41.9 Å². The summed E-state index contributed by atoms with van der Waals surface area (Å²) in [4.78, 5) is 17.3. The number of hydrogen-bond donors (Lipinski definition) is 3. The smallest absolute Gasteiger partial charge is 0.465 e. The quantitative estimate of drug-likeness (QED) is 0.563. The van der Waals surface area contributed by atoms with E-state index in [1.54, 1.807) is 12.3 Å². The Morgan fingerprint density at radius 1 is 1.26 bits per heavy atom. The van der Waals surface area contributed by atoms with E-state index >= 15 is 0 Å². The number of pyridine rings is 1. The van der Waals surface area contributed by atoms with Crippen LogP contribution in [0.25, 0.3) is 16.7 Å². The maximum atomic E-state index is 12.4. The number of amides is 1. The number of nitrogens with zero attached hydrogens (tertiary/aromatic N) is 4. The zero-order valence-corrected chi connectivity index (χ0v) is 16.0. The molecule has 4 rings (SSSR count). The van der Waals surface area contributed by atoms with E-state index in [-0.39, 0.29) is 12.3 Å². The molecule has 0 saturated carbocycles. The third-order valence-electron chi connectivity index (χ3n) is 4.84. The maximum Gasteiger partial charge on any atom is 0.573 e. The van der Waals surface area contributed by atoms with Crippen LogP contribution in [0.15, 0.2) is 36.5 Å². The second-order valence-corrected chi connectivity index (χ2v) is 6.98. The van der Waals surface area contributed by atoms with Crippen LogP contribution in [0.3, 0.4) is 0 Å². The van der Waals surface area contributed by atoms with Crippen molar-refractivity contribution in [3.63, 3.8) is 0 Å². The predicted molar refractivity (Wildman–Crippen MR) is 103 cm³/mol. The summed E-state index contributed by atoms with van der Waals surface area (Å²) in [6.45, 7) is 0.934. The van der Waals surface area contributed by atoms with Gasteiger partial charge in [0, 0.05) is 19.3 Å². The van der Waals surface area contributed by atoms with Crippen LogP contribution >= 0.6 is 0 Å². The lowest BCUT2D eigenvalue weighted by molar-refractivity contribution is -0.274. The fourth-order valence-electron chi connectivity index (χ4n) is 3.57. The number of fused-ring (bicyclic) bond motifs is 1. The van der Waals surface area contributed by atoms with Crippen LogP contribution in [0.4, 0.5) is 23.7 Å². The van der Waals surface area contributed by atoms with Gasteiger partial charge in [-0.2, -0.15) is 5.10 Å². The van der Waals surface area contributed by atoms with Crippen molar-refractivity contribution in [2.24, 2.45) is 0 Å². The Labute approximate surface area is 173 Å². The number of rotatable bonds is 5. The first-order chi connectivity index (χ1) is 14.7. The van der Waals surface area contributed by atoms with Gasteiger partial charge >= 0.3 is 12.5 Å². The average molecular weight is 437 g/mol. The van der Waals surface area contributed by atoms with Crippen LogP contribution < -0.4 is 15.0 Å². The number of ether oxygens (including phenoxy) is 1. The number of anilines is 1. The van der Waals surface area contributed by atoms with Crippen molar-refractivity contribution < 1.29 is 32.9 Å². The molecule has 164 valence electrons. The van der Waals surface area contributed by atoms with Crippen molar-refractivity contribution >= 4 is 22.8 Å². The van der Waals surface area contributed by atoms with Crippen molar-refractivity contribution in [3.8, 4) is 11.4 Å². The standard InChI is InChI=1S/C19H18F3N5O4/c20-19(21,22)31-13-3-1-11(2-4-13)27-17-16(14(25-27)9-24-18(29)30)15(5-7-23-17)26-8-6-12(28)10-26/h1-5,7,12,24,28H,6,8-10H2,(H,29,30). The monoisotopic (exact) mass is 437 g/mol. The van der Waals surface area contributed by atoms with E-state index in [2.05, 4.69) is 20.1 Å². The highest BCUT2D eigenvalue weighted by Gasteiger charge is 2.31. The first-order valence-corrected chi connectivity index (χ1v) is 9.34. The third-order valence-corrected chi connectivity index (χ3v) is 4.84. The molecule has 1 atom stereocenters. The Bertz CT molecular complexity index is 1100. The zero-order valence-electron chi connectivity index (χ0n) is 16.0. The minimum Gasteiger partial charge on any atom is -0.465 e. The van der Waals surface area contributed by atoms with Gasteiger partial charge in [-0.15, -0.1) is 13.2 Å². The summed E-state index contributed by atoms with van der Waals surface area (Å²) >= 11 is 0. The van der Waals surface area contributed by atoms with Crippen LogP contribution in [0.5, 0.6) is 5.75 Å². The van der Waals surface area contributed by atoms with E-state index in [1.165, 1.54) is 16.8 Å². The molecular weight excluding hydrogens is 419 g/mol. The number of aliphatic hydroxyl groups excluding tert-OH is 1. The third kappa shape index (κ3) is 4.48. The summed E-state index contributed by atoms with van der Waals surface area (Å²) in [7, 11) is 0. The first-order valence-electron chi connectivity index (χ1n) is 9.34. The second-order valence-electron chi connectivity index (χ2n) is 6.98. The number of aromatic nitrogens is 3. The molecule has 0 spiro atoms. The summed E-state index contributed by atoms with van der Waals surface area (Å²) in [5, 5.41) is 26.2. The molecule has 0 aliphatic carbocycles. The molecule has 2 aromatic heterocycles. The highest BCUT2D eigenvalue weighted by Crippen LogP contribution is 2.33. The molecule has 1 fully saturated rings. The van der Waals surface area contributed by atoms with E-state index in [1.807, 2.05) is 4.90 Å². The van der Waals surface area contributed by atoms with Gasteiger partial charge in [0.15, 0.2) is 5.65 Å². The van der Waals surface area contributed by atoms with Crippen molar-refractivity contribution in [1.29, 1.82) is 0 Å². The minimum atomic E-state index is -4.80. The number of aliphatic hydroxyl groups is 1. The van der Waals surface area contributed by atoms with Crippen LogP contribution in [0.1, 0.15) is 12.1 Å². The number of carboxylic acid groups (broad SMARTS) is 1. The SMILES string of the molecule is O=C(O)NCc1nn(-c2ccc(OC(F)(F)F)cc2)c2nccc(N3CCC(O)C3)c12. The number of alkyl halides is 3. The fourth-order valence-corrected chi connectivity index (χ4v) is 3.57. The molecule has 0 radical (unpaired) electrons. The van der Waals surface area contributed by atoms with E-state index < -0.39 is 18.6 Å². The highest BCUT2D eigenvalue weighted by atomic mass is 19.4. The molecule has 1 amide bonds. The molecule has 1 saturated heterocycles. The van der Waals surface area contributed by atoms with E-state index in [9.17, 15) is 23.1 Å². The van der Waals surface area contributed by atoms with Gasteiger partial charge in [-0.3, -0.25) is 0 Å². The maximum absolute atomic E-state index is 12.4. The lowest BCUT2D eigenvalue weighted by Crippen LogP contribution is -2.23. The van der Waals surface area contributed by atoms with Gasteiger partial charge < -0.3 is 25.2 Å². The molecule has 1 aliphatic rings. The van der Waals surface area contributed by atoms with Gasteiger partial charge in [-0.25, -0.2) is 14.5 Å². The Kier molecular flexibility index (Phi) is 5.31. The Balaban J connectivity index is 1.78. The van der Waals surface area contributed by atoms with Crippen molar-refractivity contribution in [1.82, 2.24) is 20.1 Å². The van der Waals surface area contributed by atoms with Crippen LogP contribution in [-0.2, 0) is 6.54 Å². The first kappa shape index (κ1) is 20.7. The lowest BCUT2D eigenvalue weighted by atomic mass is 10.2. The van der Waals surface area contributed by atoms with Gasteiger partial charge in [0.1, 0.15) is 5.75 Å². The predicted octanol–water partition coefficient (Wildman–Crippen LogP) is 2.66. The number of β-amino-alcohol motifs (C(OH)–C–C–N with tert-alkyl or cyclic N) is 1. The molecule has 1 aromatic carbocycles. The molecule has 1 unspecified atom stereocenters. The van der Waals surface area contributed by atoms with Gasteiger partial charge in [0.05, 0.1) is 35.1 Å². The summed E-state index contributed by atoms with van der Waals surface area (Å²) in [6, 6.07) is 6.88. The number of halogens is 3. The van der Waals surface area contributed by atoms with E-state index in [4.69, 9.17) is 5.11 Å². The molecule has 1 aliphatic heterocycles. The normalized spacial score (nSPS) is 16.6. The highest BCUT2D eigenvalue weighted by molar-refractivity contribution is 5.93. The largest absolute Gasteiger partial charge is 0.573 e. The Morgan fingerprint density at radius 2 is 2.00 bits per heavy atom. The fraction of sp³-hybridized carbons (Fsp3) is 0.316. The van der Waals surface area contributed by atoms with Gasteiger partial charge in [-0.1, -0.05) is 0 Å². The van der Waals surface area contributed by atoms with E-state index in [0.717, 1.165) is 17.8 Å². The molecule has 3 aromatic rings. The molecule has 0 bridgehead atoms.